The molecule has 0 bridgehead atoms. The lowest BCUT2D eigenvalue weighted by atomic mass is 10.0. The molecule has 24 heavy (non-hydrogen) atoms. The normalized spacial score (nSPS) is 22.4. The highest BCUT2D eigenvalue weighted by atomic mass is 32.2. The molecule has 1 aliphatic heterocycles. The van der Waals surface area contributed by atoms with Gasteiger partial charge in [0.25, 0.3) is 5.91 Å². The van der Waals surface area contributed by atoms with Gasteiger partial charge >= 0.3 is 5.97 Å². The molecule has 1 N–H and O–H groups in total. The number of sulfone groups is 1. The molecular formula is C17H21NO5S. The fourth-order valence-electron chi connectivity index (χ4n) is 2.60. The van der Waals surface area contributed by atoms with Crippen LogP contribution >= 0.6 is 0 Å². The van der Waals surface area contributed by atoms with Crippen LogP contribution in [0.4, 0.5) is 0 Å². The van der Waals surface area contributed by atoms with Crippen LogP contribution in [0.2, 0.25) is 0 Å². The Morgan fingerprint density at radius 1 is 1.38 bits per heavy atom. The molecule has 0 radical (unpaired) electrons. The Morgan fingerprint density at radius 3 is 2.75 bits per heavy atom. The lowest BCUT2D eigenvalue weighted by molar-refractivity contribution is -0.144. The van der Waals surface area contributed by atoms with Crippen molar-refractivity contribution in [3.8, 4) is 0 Å². The smallest absolute Gasteiger partial charge is 0.331 e. The van der Waals surface area contributed by atoms with Crippen molar-refractivity contribution in [3.63, 3.8) is 0 Å². The van der Waals surface area contributed by atoms with E-state index in [1.165, 1.54) is 6.08 Å². The van der Waals surface area contributed by atoms with Crippen molar-refractivity contribution in [3.05, 3.63) is 41.5 Å². The lowest BCUT2D eigenvalue weighted by Crippen LogP contribution is -2.48. The SMILES string of the molecule is Cc1cccc(/C=C/C(=O)OCC(=O)N[C@@]2(C)CCS(=O)(=O)C2)c1. The van der Waals surface area contributed by atoms with Gasteiger partial charge in [-0.1, -0.05) is 29.8 Å². The summed E-state index contributed by atoms with van der Waals surface area (Å²) in [4.78, 5) is 23.5. The van der Waals surface area contributed by atoms with Gasteiger partial charge in [0, 0.05) is 6.08 Å². The van der Waals surface area contributed by atoms with Gasteiger partial charge in [0.1, 0.15) is 0 Å². The second-order valence-corrected chi connectivity index (χ2v) is 8.49. The largest absolute Gasteiger partial charge is 0.452 e. The highest BCUT2D eigenvalue weighted by Gasteiger charge is 2.39. The van der Waals surface area contributed by atoms with Crippen LogP contribution in [0.15, 0.2) is 30.3 Å². The molecule has 0 spiro atoms. The molecule has 0 saturated carbocycles. The van der Waals surface area contributed by atoms with Crippen LogP contribution in [0.1, 0.15) is 24.5 Å². The van der Waals surface area contributed by atoms with Crippen molar-refractivity contribution in [1.82, 2.24) is 5.32 Å². The van der Waals surface area contributed by atoms with E-state index in [0.29, 0.717) is 6.42 Å². The number of aryl methyl sites for hydroxylation is 1. The Labute approximate surface area is 141 Å². The van der Waals surface area contributed by atoms with Crippen LogP contribution in [-0.2, 0) is 24.2 Å². The summed E-state index contributed by atoms with van der Waals surface area (Å²) in [6.07, 6.45) is 3.23. The molecule has 1 aromatic rings. The molecule has 6 nitrogen and oxygen atoms in total. The molecule has 1 aromatic carbocycles. The standard InChI is InChI=1S/C17H21NO5S/c1-13-4-3-5-14(10-13)6-7-16(20)23-11-15(19)18-17(2)8-9-24(21,22)12-17/h3-7,10H,8-9,11-12H2,1-2H3,(H,18,19)/b7-6+/t17-/m0/s1. The number of hydrogen-bond donors (Lipinski definition) is 1. The summed E-state index contributed by atoms with van der Waals surface area (Å²) < 4.78 is 27.9. The number of carbonyl (C=O) groups excluding carboxylic acids is 2. The maximum absolute atomic E-state index is 11.8. The van der Waals surface area contributed by atoms with Crippen LogP contribution < -0.4 is 5.32 Å². The van der Waals surface area contributed by atoms with E-state index < -0.39 is 33.9 Å². The Bertz CT molecular complexity index is 769. The Hall–Kier alpha value is -2.15. The minimum Gasteiger partial charge on any atom is -0.452 e. The third-order valence-electron chi connectivity index (χ3n) is 3.74. The van der Waals surface area contributed by atoms with Crippen LogP contribution in [0.5, 0.6) is 0 Å². The van der Waals surface area contributed by atoms with Crippen LogP contribution in [0, 0.1) is 6.92 Å². The van der Waals surface area contributed by atoms with E-state index in [2.05, 4.69) is 5.32 Å². The summed E-state index contributed by atoms with van der Waals surface area (Å²) >= 11 is 0. The van der Waals surface area contributed by atoms with Crippen molar-refractivity contribution >= 4 is 27.8 Å². The molecule has 1 saturated heterocycles. The first-order valence-electron chi connectivity index (χ1n) is 7.60. The Morgan fingerprint density at radius 2 is 2.12 bits per heavy atom. The van der Waals surface area contributed by atoms with Gasteiger partial charge in [-0.05, 0) is 31.9 Å². The highest BCUT2D eigenvalue weighted by molar-refractivity contribution is 7.91. The zero-order valence-corrected chi connectivity index (χ0v) is 14.6. The van der Waals surface area contributed by atoms with E-state index in [4.69, 9.17) is 4.74 Å². The molecule has 1 atom stereocenters. The van der Waals surface area contributed by atoms with Gasteiger partial charge in [-0.15, -0.1) is 0 Å². The molecule has 0 aromatic heterocycles. The minimum absolute atomic E-state index is 0.0583. The van der Waals surface area contributed by atoms with E-state index in [9.17, 15) is 18.0 Å². The fourth-order valence-corrected chi connectivity index (χ4v) is 4.70. The number of esters is 1. The molecule has 1 fully saturated rings. The lowest BCUT2D eigenvalue weighted by Gasteiger charge is -2.23. The van der Waals surface area contributed by atoms with E-state index in [-0.39, 0.29) is 11.5 Å². The Kier molecular flexibility index (Phi) is 5.43. The number of carbonyl (C=O) groups is 2. The number of nitrogens with one attached hydrogen (secondary N) is 1. The zero-order chi connectivity index (χ0) is 17.8. The topological polar surface area (TPSA) is 89.5 Å². The molecule has 0 unspecified atom stereocenters. The van der Waals surface area contributed by atoms with E-state index in [0.717, 1.165) is 11.1 Å². The molecule has 130 valence electrons. The number of hydrogen-bond acceptors (Lipinski definition) is 5. The summed E-state index contributed by atoms with van der Waals surface area (Å²) in [5.74, 6) is -1.17. The third-order valence-corrected chi connectivity index (χ3v) is 5.65. The van der Waals surface area contributed by atoms with E-state index in [1.54, 1.807) is 13.0 Å². The van der Waals surface area contributed by atoms with E-state index >= 15 is 0 Å². The first-order valence-corrected chi connectivity index (χ1v) is 9.43. The average Bonchev–Trinajstić information content (AvgIpc) is 2.76. The highest BCUT2D eigenvalue weighted by Crippen LogP contribution is 2.22. The van der Waals surface area contributed by atoms with Gasteiger partial charge in [-0.3, -0.25) is 4.79 Å². The fraction of sp³-hybridized carbons (Fsp3) is 0.412. The van der Waals surface area contributed by atoms with E-state index in [1.807, 2.05) is 31.2 Å². The first-order chi connectivity index (χ1) is 11.2. The third kappa shape index (κ3) is 5.49. The van der Waals surface area contributed by atoms with Gasteiger partial charge in [0.05, 0.1) is 17.0 Å². The molecule has 2 rings (SSSR count). The second kappa shape index (κ2) is 7.17. The molecule has 1 amide bonds. The molecular weight excluding hydrogens is 330 g/mol. The summed E-state index contributed by atoms with van der Waals surface area (Å²) in [6, 6.07) is 7.59. The van der Waals surface area contributed by atoms with Crippen LogP contribution in [0.3, 0.4) is 0 Å². The number of ether oxygens (including phenoxy) is 1. The van der Waals surface area contributed by atoms with Crippen molar-refractivity contribution < 1.29 is 22.7 Å². The molecule has 7 heteroatoms. The Balaban J connectivity index is 1.80. The first kappa shape index (κ1) is 18.2. The summed E-state index contributed by atoms with van der Waals surface area (Å²) in [5.41, 5.74) is 1.14. The molecule has 1 heterocycles. The van der Waals surface area contributed by atoms with Gasteiger partial charge in [0.15, 0.2) is 16.4 Å². The minimum atomic E-state index is -3.11. The summed E-state index contributed by atoms with van der Waals surface area (Å²) in [5, 5.41) is 2.63. The summed E-state index contributed by atoms with van der Waals surface area (Å²) in [6.45, 7) is 3.19. The average molecular weight is 351 g/mol. The van der Waals surface area contributed by atoms with Crippen molar-refractivity contribution in [2.45, 2.75) is 25.8 Å². The number of benzene rings is 1. The van der Waals surface area contributed by atoms with Crippen molar-refractivity contribution in [2.75, 3.05) is 18.1 Å². The predicted molar refractivity (Wildman–Crippen MR) is 91.0 cm³/mol. The van der Waals surface area contributed by atoms with Crippen molar-refractivity contribution in [1.29, 1.82) is 0 Å². The van der Waals surface area contributed by atoms with Crippen LogP contribution in [-0.4, -0.2) is 43.9 Å². The van der Waals surface area contributed by atoms with Gasteiger partial charge in [0.2, 0.25) is 0 Å². The van der Waals surface area contributed by atoms with Crippen molar-refractivity contribution in [2.24, 2.45) is 0 Å². The van der Waals surface area contributed by atoms with Gasteiger partial charge in [-0.25, -0.2) is 13.2 Å². The summed E-state index contributed by atoms with van der Waals surface area (Å²) in [7, 11) is -3.11. The monoisotopic (exact) mass is 351 g/mol. The predicted octanol–water partition coefficient (Wildman–Crippen LogP) is 1.24. The molecule has 1 aliphatic rings. The number of rotatable bonds is 5. The second-order valence-electron chi connectivity index (χ2n) is 6.31. The molecule has 0 aliphatic carbocycles. The van der Waals surface area contributed by atoms with Gasteiger partial charge in [-0.2, -0.15) is 0 Å². The van der Waals surface area contributed by atoms with Gasteiger partial charge < -0.3 is 10.1 Å². The quantitative estimate of drug-likeness (QED) is 0.637. The zero-order valence-electron chi connectivity index (χ0n) is 13.7. The number of amides is 1. The maximum atomic E-state index is 11.8. The maximum Gasteiger partial charge on any atom is 0.331 e. The van der Waals surface area contributed by atoms with Crippen LogP contribution in [0.25, 0.3) is 6.08 Å².